The van der Waals surface area contributed by atoms with E-state index in [1.165, 1.54) is 44.9 Å². The Morgan fingerprint density at radius 2 is 1.54 bits per heavy atom. The standard InChI is InChI=1S/C58H82N2O8/c1-7-10-11-12-13-14-15-16-17-24-38-65-56(63)60(42-45-29-25-28-43-26-18-19-30-47(43)45)53-41-51(59-68-57(4,5)6)49-39-44(27-20-22-34-61)48(31-21-23-35-62)54-50-40-46(64-36-8-2)32-33-52(50)67-58(53,55(49)54)66-37-9-3/h8-9,18-19,25-26,28-30,32-33,39-40,44,48,53-55,61-62H,2-3,7,10-17,20-24,27,31,34-38,41-42H2,1,4-6H3. The first-order chi connectivity index (χ1) is 33.1. The number of rotatable bonds is 29. The number of aliphatic hydroxyl groups excluding tert-OH is 2. The predicted octanol–water partition coefficient (Wildman–Crippen LogP) is 13.4. The molecule has 1 fully saturated rings. The largest absolute Gasteiger partial charge is 0.490 e. The van der Waals surface area contributed by atoms with Crippen molar-refractivity contribution in [2.45, 2.75) is 167 Å². The molecule has 10 nitrogen and oxygen atoms in total. The molecule has 1 aliphatic heterocycles. The molecule has 6 atom stereocenters. The zero-order valence-electron chi connectivity index (χ0n) is 41.8. The predicted molar refractivity (Wildman–Crippen MR) is 274 cm³/mol. The van der Waals surface area contributed by atoms with E-state index in [1.54, 1.807) is 12.2 Å². The number of amides is 1. The number of aliphatic hydroxyl groups is 2. The van der Waals surface area contributed by atoms with E-state index < -0.39 is 29.4 Å². The van der Waals surface area contributed by atoms with Crippen LogP contribution in [0.1, 0.15) is 154 Å². The van der Waals surface area contributed by atoms with E-state index in [4.69, 9.17) is 28.9 Å². The Morgan fingerprint density at radius 3 is 2.25 bits per heavy atom. The minimum absolute atomic E-state index is 0.0800. The Bertz CT molecular complexity index is 2120. The van der Waals surface area contributed by atoms with E-state index in [2.05, 4.69) is 56.5 Å². The molecule has 68 heavy (non-hydrogen) atoms. The van der Waals surface area contributed by atoms with Crippen molar-refractivity contribution >= 4 is 22.6 Å². The first-order valence-corrected chi connectivity index (χ1v) is 26.0. The van der Waals surface area contributed by atoms with Crippen LogP contribution in [0.15, 0.2) is 103 Å². The van der Waals surface area contributed by atoms with Crippen molar-refractivity contribution in [1.29, 1.82) is 0 Å². The fraction of sp³-hybridized carbons (Fsp3) is 0.586. The maximum Gasteiger partial charge on any atom is 0.410 e. The van der Waals surface area contributed by atoms with Crippen LogP contribution in [0.25, 0.3) is 10.8 Å². The zero-order chi connectivity index (χ0) is 48.4. The first-order valence-electron chi connectivity index (χ1n) is 26.0. The number of ether oxygens (including phenoxy) is 4. The van der Waals surface area contributed by atoms with Crippen molar-refractivity contribution in [3.8, 4) is 11.5 Å². The molecular weight excluding hydrogens is 853 g/mol. The molecule has 6 rings (SSSR count). The maximum atomic E-state index is 15.3. The van der Waals surface area contributed by atoms with Crippen LogP contribution in [0.5, 0.6) is 11.5 Å². The molecule has 0 saturated heterocycles. The third-order valence-electron chi connectivity index (χ3n) is 14.0. The van der Waals surface area contributed by atoms with Crippen LogP contribution in [0.4, 0.5) is 4.79 Å². The Balaban J connectivity index is 1.49. The average Bonchev–Trinajstić information content (AvgIpc) is 3.33. The molecule has 10 heteroatoms. The molecule has 372 valence electrons. The lowest BCUT2D eigenvalue weighted by atomic mass is 9.55. The van der Waals surface area contributed by atoms with E-state index >= 15 is 4.79 Å². The van der Waals surface area contributed by atoms with Crippen molar-refractivity contribution in [3.63, 3.8) is 0 Å². The molecule has 3 aliphatic rings. The van der Waals surface area contributed by atoms with E-state index in [0.29, 0.717) is 37.6 Å². The number of nitrogens with zero attached hydrogens (tertiary/aromatic N) is 2. The van der Waals surface area contributed by atoms with Gasteiger partial charge in [0.1, 0.15) is 29.7 Å². The number of allylic oxidation sites excluding steroid dienone is 1. The Hall–Kier alpha value is -4.64. The lowest BCUT2D eigenvalue weighted by Crippen LogP contribution is -2.70. The highest BCUT2D eigenvalue weighted by molar-refractivity contribution is 6.03. The lowest BCUT2D eigenvalue weighted by molar-refractivity contribution is -0.256. The number of carbonyl (C=O) groups is 1. The monoisotopic (exact) mass is 935 g/mol. The van der Waals surface area contributed by atoms with Crippen LogP contribution in [-0.4, -0.2) is 77.4 Å². The van der Waals surface area contributed by atoms with Gasteiger partial charge in [0, 0.05) is 31.1 Å². The van der Waals surface area contributed by atoms with Gasteiger partial charge in [-0.05, 0) is 105 Å². The highest BCUT2D eigenvalue weighted by Gasteiger charge is 2.66. The molecule has 0 radical (unpaired) electrons. The van der Waals surface area contributed by atoms with E-state index in [-0.39, 0.29) is 50.5 Å². The van der Waals surface area contributed by atoms with E-state index in [1.807, 2.05) is 56.0 Å². The minimum Gasteiger partial charge on any atom is -0.490 e. The molecule has 0 spiro atoms. The van der Waals surface area contributed by atoms with Crippen LogP contribution in [-0.2, 0) is 20.9 Å². The van der Waals surface area contributed by atoms with Crippen LogP contribution in [0.3, 0.4) is 0 Å². The zero-order valence-corrected chi connectivity index (χ0v) is 41.8. The first kappa shape index (κ1) is 52.7. The molecule has 6 unspecified atom stereocenters. The van der Waals surface area contributed by atoms with Gasteiger partial charge in [-0.25, -0.2) is 4.79 Å². The third-order valence-corrected chi connectivity index (χ3v) is 14.0. The summed E-state index contributed by atoms with van der Waals surface area (Å²) in [5.74, 6) is -0.498. The summed E-state index contributed by atoms with van der Waals surface area (Å²) in [5.41, 5.74) is 3.12. The number of fused-ring (bicyclic) bond motifs is 3. The van der Waals surface area contributed by atoms with Gasteiger partial charge in [0.25, 0.3) is 0 Å². The van der Waals surface area contributed by atoms with Gasteiger partial charge >= 0.3 is 6.09 Å². The van der Waals surface area contributed by atoms with E-state index in [0.717, 1.165) is 78.1 Å². The smallest absolute Gasteiger partial charge is 0.410 e. The Kier molecular flexibility index (Phi) is 20.4. The number of oxime groups is 1. The molecule has 3 aromatic carbocycles. The maximum absolute atomic E-state index is 15.3. The second-order valence-electron chi connectivity index (χ2n) is 20.1. The van der Waals surface area contributed by atoms with E-state index in [9.17, 15) is 10.2 Å². The van der Waals surface area contributed by atoms with Gasteiger partial charge in [-0.2, -0.15) is 0 Å². The number of carbonyl (C=O) groups excluding carboxylic acids is 1. The summed E-state index contributed by atoms with van der Waals surface area (Å²) in [6.07, 6.45) is 22.3. The molecule has 3 aromatic rings. The molecule has 0 bridgehead atoms. The molecule has 2 aliphatic carbocycles. The molecular formula is C58H82N2O8. The summed E-state index contributed by atoms with van der Waals surface area (Å²) in [7, 11) is 0. The highest BCUT2D eigenvalue weighted by atomic mass is 16.7. The molecule has 2 N–H and O–H groups in total. The molecule has 0 aromatic heterocycles. The molecule has 1 heterocycles. The van der Waals surface area contributed by atoms with Crippen LogP contribution < -0.4 is 9.47 Å². The second-order valence-corrected chi connectivity index (χ2v) is 20.1. The average molecular weight is 935 g/mol. The molecule has 1 saturated carbocycles. The topological polar surface area (TPSA) is 119 Å². The van der Waals surface area contributed by atoms with Crippen molar-refractivity contribution in [2.24, 2.45) is 22.9 Å². The number of benzene rings is 3. The summed E-state index contributed by atoms with van der Waals surface area (Å²) in [5, 5.41) is 27.2. The minimum atomic E-state index is -1.42. The van der Waals surface area contributed by atoms with Gasteiger partial charge in [-0.1, -0.05) is 150 Å². The van der Waals surface area contributed by atoms with Crippen molar-refractivity contribution in [2.75, 3.05) is 33.0 Å². The number of hydrogen-bond acceptors (Lipinski definition) is 9. The van der Waals surface area contributed by atoms with Gasteiger partial charge in [0.15, 0.2) is 0 Å². The summed E-state index contributed by atoms with van der Waals surface area (Å²) in [6, 6.07) is 19.8. The van der Waals surface area contributed by atoms with Crippen molar-refractivity contribution in [1.82, 2.24) is 4.90 Å². The normalized spacial score (nSPS) is 22.4. The summed E-state index contributed by atoms with van der Waals surface area (Å²) in [4.78, 5) is 23.5. The fourth-order valence-corrected chi connectivity index (χ4v) is 10.8. The van der Waals surface area contributed by atoms with Gasteiger partial charge in [-0.15, -0.1) is 6.58 Å². The van der Waals surface area contributed by atoms with Gasteiger partial charge in [0.2, 0.25) is 5.79 Å². The highest BCUT2D eigenvalue weighted by Crippen LogP contribution is 2.62. The summed E-state index contributed by atoms with van der Waals surface area (Å²) >= 11 is 0. The SMILES string of the molecule is C=CCOc1ccc2c(c1)C1C(CCCCO)C(CCCCO)C=C3C(=NOC(C)(C)C)CC(N(Cc4cccc5ccccc45)C(=O)OCCCCCCCCCCCC)C(OCC=C)(O2)C31. The number of hydrogen-bond donors (Lipinski definition) is 2. The third kappa shape index (κ3) is 13.6. The summed E-state index contributed by atoms with van der Waals surface area (Å²) < 4.78 is 27.3. The molecule has 1 amide bonds. The van der Waals surface area contributed by atoms with Gasteiger partial charge in [-0.3, -0.25) is 4.90 Å². The Morgan fingerprint density at radius 1 is 0.853 bits per heavy atom. The van der Waals surface area contributed by atoms with Gasteiger partial charge < -0.3 is 34.0 Å². The lowest BCUT2D eigenvalue weighted by Gasteiger charge is -2.60. The van der Waals surface area contributed by atoms with Crippen molar-refractivity contribution < 1.29 is 38.8 Å². The fourth-order valence-electron chi connectivity index (χ4n) is 10.8. The van der Waals surface area contributed by atoms with Crippen LogP contribution in [0, 0.1) is 17.8 Å². The van der Waals surface area contributed by atoms with Crippen LogP contribution in [0.2, 0.25) is 0 Å². The quantitative estimate of drug-likeness (QED) is 0.0401. The number of unbranched alkanes of at least 4 members (excludes halogenated alkanes) is 11. The van der Waals surface area contributed by atoms with Gasteiger partial charge in [0.05, 0.1) is 31.4 Å². The summed E-state index contributed by atoms with van der Waals surface area (Å²) in [6.45, 7) is 17.5. The van der Waals surface area contributed by atoms with Crippen molar-refractivity contribution in [3.05, 3.63) is 109 Å². The Labute approximate surface area is 407 Å². The van der Waals surface area contributed by atoms with Crippen LogP contribution >= 0.6 is 0 Å². The second kappa shape index (κ2) is 26.4.